The van der Waals surface area contributed by atoms with Crippen LogP contribution in [0.15, 0.2) is 18.2 Å². The number of hydrogen-bond acceptors (Lipinski definition) is 4. The topological polar surface area (TPSA) is 76.1 Å². The number of carboxylic acids is 1. The minimum absolute atomic E-state index is 0.0739. The average molecular weight is 337 g/mol. The molecule has 0 aromatic heterocycles. The number of aromatic carboxylic acids is 1. The fraction of sp³-hybridized carbons (Fsp3) is 0.556. The number of benzene rings is 1. The molecule has 0 saturated carbocycles. The normalized spacial score (nSPS) is 10.8. The average Bonchev–Trinajstić information content (AvgIpc) is 2.50. The van der Waals surface area contributed by atoms with Crippen molar-refractivity contribution in [2.75, 3.05) is 13.7 Å². The Bertz CT molecular complexity index is 561. The number of aryl methyl sites for hydroxylation is 1. The predicted molar refractivity (Wildman–Crippen MR) is 91.7 cm³/mol. The van der Waals surface area contributed by atoms with Crippen molar-refractivity contribution in [3.05, 3.63) is 29.3 Å². The third kappa shape index (κ3) is 5.44. The van der Waals surface area contributed by atoms with Crippen LogP contribution in [0.4, 0.5) is 4.79 Å². The summed E-state index contributed by atoms with van der Waals surface area (Å²) in [5.41, 5.74) is 1.01. The SMILES string of the molecule is COc1ccc(C(=O)O)cc1CCCOC(=O)N(C(C)C)C(C)C. The fourth-order valence-electron chi connectivity index (χ4n) is 2.62. The van der Waals surface area contributed by atoms with Gasteiger partial charge in [0, 0.05) is 12.1 Å². The molecule has 1 aromatic carbocycles. The Morgan fingerprint density at radius 2 is 1.79 bits per heavy atom. The van der Waals surface area contributed by atoms with E-state index in [2.05, 4.69) is 0 Å². The lowest BCUT2D eigenvalue weighted by Crippen LogP contribution is -2.42. The van der Waals surface area contributed by atoms with E-state index in [1.54, 1.807) is 24.1 Å². The Kier molecular flexibility index (Phi) is 7.55. The monoisotopic (exact) mass is 337 g/mol. The summed E-state index contributed by atoms with van der Waals surface area (Å²) in [6, 6.07) is 4.89. The van der Waals surface area contributed by atoms with Crippen LogP contribution in [0.5, 0.6) is 5.75 Å². The van der Waals surface area contributed by atoms with Crippen LogP contribution in [0.2, 0.25) is 0 Å². The van der Waals surface area contributed by atoms with Crippen LogP contribution in [0.25, 0.3) is 0 Å². The highest BCUT2D eigenvalue weighted by Crippen LogP contribution is 2.21. The summed E-state index contributed by atoms with van der Waals surface area (Å²) in [6.07, 6.45) is 0.835. The second kappa shape index (κ2) is 9.15. The maximum atomic E-state index is 12.1. The van der Waals surface area contributed by atoms with Crippen LogP contribution in [-0.4, -0.2) is 47.9 Å². The quantitative estimate of drug-likeness (QED) is 0.734. The molecule has 0 fully saturated rings. The van der Waals surface area contributed by atoms with Gasteiger partial charge in [-0.25, -0.2) is 9.59 Å². The molecule has 0 heterocycles. The number of carbonyl (C=O) groups excluding carboxylic acids is 1. The van der Waals surface area contributed by atoms with Crippen LogP contribution in [0.1, 0.15) is 50.0 Å². The van der Waals surface area contributed by atoms with Crippen molar-refractivity contribution in [3.8, 4) is 5.75 Å². The van der Waals surface area contributed by atoms with Crippen molar-refractivity contribution in [1.29, 1.82) is 0 Å². The van der Waals surface area contributed by atoms with Gasteiger partial charge in [0.2, 0.25) is 0 Å². The van der Waals surface area contributed by atoms with E-state index < -0.39 is 5.97 Å². The van der Waals surface area contributed by atoms with Crippen molar-refractivity contribution >= 4 is 12.1 Å². The Labute approximate surface area is 143 Å². The van der Waals surface area contributed by atoms with Crippen LogP contribution >= 0.6 is 0 Å². The third-order valence-corrected chi connectivity index (χ3v) is 3.67. The Morgan fingerprint density at radius 1 is 1.17 bits per heavy atom. The van der Waals surface area contributed by atoms with Gasteiger partial charge in [-0.3, -0.25) is 0 Å². The summed E-state index contributed by atoms with van der Waals surface area (Å²) in [6.45, 7) is 8.06. The van der Waals surface area contributed by atoms with E-state index in [4.69, 9.17) is 14.6 Å². The number of methoxy groups -OCH3 is 1. The van der Waals surface area contributed by atoms with Gasteiger partial charge in [-0.2, -0.15) is 0 Å². The molecule has 1 amide bonds. The zero-order chi connectivity index (χ0) is 18.3. The van der Waals surface area contributed by atoms with Gasteiger partial charge in [0.1, 0.15) is 5.75 Å². The molecule has 0 radical (unpaired) electrons. The molecule has 0 aliphatic heterocycles. The van der Waals surface area contributed by atoms with Crippen LogP contribution in [0.3, 0.4) is 0 Å². The van der Waals surface area contributed by atoms with Gasteiger partial charge in [0.05, 0.1) is 19.3 Å². The molecule has 0 bridgehead atoms. The minimum Gasteiger partial charge on any atom is -0.496 e. The first kappa shape index (κ1) is 19.8. The van der Waals surface area contributed by atoms with E-state index in [0.717, 1.165) is 5.56 Å². The largest absolute Gasteiger partial charge is 0.496 e. The Balaban J connectivity index is 2.60. The molecule has 1 N–H and O–H groups in total. The molecule has 0 unspecified atom stereocenters. The summed E-state index contributed by atoms with van der Waals surface area (Å²) < 4.78 is 10.6. The molecule has 1 rings (SSSR count). The number of nitrogens with zero attached hydrogens (tertiary/aromatic N) is 1. The van der Waals surface area contributed by atoms with Gasteiger partial charge in [-0.15, -0.1) is 0 Å². The van der Waals surface area contributed by atoms with Crippen molar-refractivity contribution in [1.82, 2.24) is 4.90 Å². The number of rotatable bonds is 8. The lowest BCUT2D eigenvalue weighted by Gasteiger charge is -2.29. The molecule has 6 nitrogen and oxygen atoms in total. The smallest absolute Gasteiger partial charge is 0.410 e. The molecule has 6 heteroatoms. The number of carboxylic acid groups (broad SMARTS) is 1. The summed E-state index contributed by atoms with van der Waals surface area (Å²) >= 11 is 0. The minimum atomic E-state index is -0.977. The van der Waals surface area contributed by atoms with Gasteiger partial charge >= 0.3 is 12.1 Å². The first-order valence-corrected chi connectivity index (χ1v) is 8.13. The summed E-state index contributed by atoms with van der Waals surface area (Å²) in [7, 11) is 1.54. The fourth-order valence-corrected chi connectivity index (χ4v) is 2.62. The van der Waals surface area contributed by atoms with Gasteiger partial charge in [-0.05, 0) is 64.3 Å². The van der Waals surface area contributed by atoms with Crippen molar-refractivity contribution in [2.24, 2.45) is 0 Å². The Hall–Kier alpha value is -2.24. The zero-order valence-electron chi connectivity index (χ0n) is 15.0. The van der Waals surface area contributed by atoms with Crippen LogP contribution < -0.4 is 4.74 Å². The summed E-state index contributed by atoms with van der Waals surface area (Å²) in [5.74, 6) is -0.341. The molecule has 24 heavy (non-hydrogen) atoms. The highest BCUT2D eigenvalue weighted by atomic mass is 16.6. The van der Waals surface area contributed by atoms with E-state index in [1.807, 2.05) is 27.7 Å². The summed E-state index contributed by atoms with van der Waals surface area (Å²) in [4.78, 5) is 24.9. The molecule has 0 atom stereocenters. The highest BCUT2D eigenvalue weighted by molar-refractivity contribution is 5.88. The van der Waals surface area contributed by atoms with Crippen molar-refractivity contribution in [2.45, 2.75) is 52.6 Å². The molecule has 134 valence electrons. The van der Waals surface area contributed by atoms with Crippen molar-refractivity contribution < 1.29 is 24.2 Å². The van der Waals surface area contributed by atoms with Crippen LogP contribution in [-0.2, 0) is 11.2 Å². The second-order valence-electron chi connectivity index (χ2n) is 6.14. The first-order chi connectivity index (χ1) is 11.3. The summed E-state index contributed by atoms with van der Waals surface area (Å²) in [5, 5.41) is 9.07. The van der Waals surface area contributed by atoms with E-state index in [-0.39, 0.29) is 30.3 Å². The highest BCUT2D eigenvalue weighted by Gasteiger charge is 2.21. The molecule has 0 aliphatic rings. The van der Waals surface area contributed by atoms with Crippen LogP contribution in [0, 0.1) is 0 Å². The lowest BCUT2D eigenvalue weighted by atomic mass is 10.1. The number of ether oxygens (including phenoxy) is 2. The molecule has 1 aromatic rings. The third-order valence-electron chi connectivity index (χ3n) is 3.67. The number of amides is 1. The second-order valence-corrected chi connectivity index (χ2v) is 6.14. The van der Waals surface area contributed by atoms with Gasteiger partial charge in [0.25, 0.3) is 0 Å². The van der Waals surface area contributed by atoms with Crippen molar-refractivity contribution in [3.63, 3.8) is 0 Å². The molecule has 0 spiro atoms. The van der Waals surface area contributed by atoms with E-state index in [0.29, 0.717) is 18.6 Å². The van der Waals surface area contributed by atoms with Gasteiger partial charge < -0.3 is 19.5 Å². The van der Waals surface area contributed by atoms with Gasteiger partial charge in [-0.1, -0.05) is 0 Å². The zero-order valence-corrected chi connectivity index (χ0v) is 15.0. The van der Waals surface area contributed by atoms with E-state index in [9.17, 15) is 9.59 Å². The standard InChI is InChI=1S/C18H27NO5/c1-12(2)19(13(3)4)18(22)24-10-6-7-14-11-15(17(20)21)8-9-16(14)23-5/h8-9,11-13H,6-7,10H2,1-5H3,(H,20,21). The molecule has 0 saturated heterocycles. The Morgan fingerprint density at radius 3 is 2.29 bits per heavy atom. The van der Waals surface area contributed by atoms with E-state index in [1.165, 1.54) is 6.07 Å². The molecule has 0 aliphatic carbocycles. The number of hydrogen-bond donors (Lipinski definition) is 1. The lowest BCUT2D eigenvalue weighted by molar-refractivity contribution is 0.0696. The van der Waals surface area contributed by atoms with Gasteiger partial charge in [0.15, 0.2) is 0 Å². The maximum Gasteiger partial charge on any atom is 0.410 e. The molecular weight excluding hydrogens is 310 g/mol. The predicted octanol–water partition coefficient (Wildman–Crippen LogP) is 3.58. The first-order valence-electron chi connectivity index (χ1n) is 8.13. The maximum absolute atomic E-state index is 12.1. The number of carbonyl (C=O) groups is 2. The molecular formula is C18H27NO5. The van der Waals surface area contributed by atoms with E-state index >= 15 is 0 Å².